The molecule has 1 saturated heterocycles. The smallest absolute Gasteiger partial charge is 0.243 e. The van der Waals surface area contributed by atoms with Crippen LogP contribution in [-0.2, 0) is 24.3 Å². The summed E-state index contributed by atoms with van der Waals surface area (Å²) in [5, 5.41) is 2.80. The van der Waals surface area contributed by atoms with Gasteiger partial charge in [-0.1, -0.05) is 17.7 Å². The summed E-state index contributed by atoms with van der Waals surface area (Å²) in [4.78, 5) is 14.2. The van der Waals surface area contributed by atoms with Crippen LogP contribution in [0.2, 0.25) is 0 Å². The van der Waals surface area contributed by atoms with Gasteiger partial charge in [0, 0.05) is 39.8 Å². The van der Waals surface area contributed by atoms with E-state index in [0.717, 1.165) is 5.56 Å². The van der Waals surface area contributed by atoms with Crippen LogP contribution in [0.4, 0.5) is 0 Å². The third-order valence-electron chi connectivity index (χ3n) is 4.36. The van der Waals surface area contributed by atoms with Gasteiger partial charge < -0.3 is 14.8 Å². The molecule has 0 spiro atoms. The van der Waals surface area contributed by atoms with Crippen molar-refractivity contribution in [2.75, 3.05) is 66.2 Å². The second-order valence-electron chi connectivity index (χ2n) is 6.45. The predicted octanol–water partition coefficient (Wildman–Crippen LogP) is 0.0805. The van der Waals surface area contributed by atoms with Gasteiger partial charge in [-0.15, -0.1) is 0 Å². The Labute approximate surface area is 161 Å². The minimum absolute atomic E-state index is 0.0832. The number of aryl methyl sites for hydroxylation is 1. The molecule has 27 heavy (non-hydrogen) atoms. The highest BCUT2D eigenvalue weighted by Gasteiger charge is 2.28. The van der Waals surface area contributed by atoms with Crippen LogP contribution in [0.5, 0.6) is 0 Å². The van der Waals surface area contributed by atoms with Crippen molar-refractivity contribution in [2.45, 2.75) is 11.8 Å². The van der Waals surface area contributed by atoms with Crippen molar-refractivity contribution in [3.8, 4) is 0 Å². The Morgan fingerprint density at radius 2 is 1.74 bits per heavy atom. The van der Waals surface area contributed by atoms with Crippen LogP contribution < -0.4 is 5.32 Å². The molecular formula is C18H29N3O5S. The van der Waals surface area contributed by atoms with Crippen LogP contribution >= 0.6 is 0 Å². The van der Waals surface area contributed by atoms with E-state index in [1.807, 2.05) is 11.8 Å². The van der Waals surface area contributed by atoms with Crippen molar-refractivity contribution in [1.29, 1.82) is 0 Å². The second kappa shape index (κ2) is 10.7. The number of ether oxygens (including phenoxy) is 2. The van der Waals surface area contributed by atoms with Crippen LogP contribution in [-0.4, -0.2) is 89.7 Å². The summed E-state index contributed by atoms with van der Waals surface area (Å²) in [5.41, 5.74) is 1.02. The van der Waals surface area contributed by atoms with Gasteiger partial charge in [-0.05, 0) is 19.1 Å². The Morgan fingerprint density at radius 1 is 1.07 bits per heavy atom. The van der Waals surface area contributed by atoms with Gasteiger partial charge in [-0.2, -0.15) is 4.31 Å². The Bertz CT molecular complexity index is 685. The van der Waals surface area contributed by atoms with E-state index in [0.29, 0.717) is 57.4 Å². The van der Waals surface area contributed by atoms with Crippen molar-refractivity contribution < 1.29 is 22.7 Å². The zero-order valence-corrected chi connectivity index (χ0v) is 16.8. The maximum absolute atomic E-state index is 12.7. The highest BCUT2D eigenvalue weighted by molar-refractivity contribution is 7.89. The van der Waals surface area contributed by atoms with Crippen LogP contribution in [0.25, 0.3) is 0 Å². The average Bonchev–Trinajstić information content (AvgIpc) is 2.65. The number of rotatable bonds is 10. The lowest BCUT2D eigenvalue weighted by Crippen LogP contribution is -2.51. The van der Waals surface area contributed by atoms with Crippen molar-refractivity contribution >= 4 is 15.9 Å². The van der Waals surface area contributed by atoms with Gasteiger partial charge in [0.25, 0.3) is 0 Å². The molecule has 0 aliphatic carbocycles. The number of nitrogens with zero attached hydrogens (tertiary/aromatic N) is 2. The summed E-state index contributed by atoms with van der Waals surface area (Å²) in [6.07, 6.45) is 0. The molecule has 9 heteroatoms. The number of carbonyl (C=O) groups is 1. The van der Waals surface area contributed by atoms with Crippen LogP contribution in [0.1, 0.15) is 5.56 Å². The summed E-state index contributed by atoms with van der Waals surface area (Å²) in [6, 6.07) is 6.87. The van der Waals surface area contributed by atoms with E-state index in [4.69, 9.17) is 9.47 Å². The molecule has 2 rings (SSSR count). The highest BCUT2D eigenvalue weighted by Crippen LogP contribution is 2.18. The van der Waals surface area contributed by atoms with E-state index in [-0.39, 0.29) is 12.5 Å². The molecule has 1 N–H and O–H groups in total. The average molecular weight is 400 g/mol. The van der Waals surface area contributed by atoms with E-state index in [1.165, 1.54) is 4.31 Å². The van der Waals surface area contributed by atoms with E-state index < -0.39 is 10.0 Å². The van der Waals surface area contributed by atoms with Gasteiger partial charge in [0.15, 0.2) is 0 Å². The number of nitrogens with one attached hydrogen (secondary N) is 1. The van der Waals surface area contributed by atoms with Gasteiger partial charge in [0.1, 0.15) is 0 Å². The first kappa shape index (κ1) is 21.8. The Morgan fingerprint density at radius 3 is 2.37 bits per heavy atom. The maximum Gasteiger partial charge on any atom is 0.243 e. The van der Waals surface area contributed by atoms with E-state index in [2.05, 4.69) is 5.32 Å². The van der Waals surface area contributed by atoms with Gasteiger partial charge in [0.05, 0.1) is 31.3 Å². The van der Waals surface area contributed by atoms with Crippen molar-refractivity contribution in [3.63, 3.8) is 0 Å². The molecule has 1 aromatic rings. The zero-order valence-electron chi connectivity index (χ0n) is 16.0. The number of piperazine rings is 1. The van der Waals surface area contributed by atoms with Crippen LogP contribution in [0.15, 0.2) is 29.2 Å². The maximum atomic E-state index is 12.7. The molecule has 0 saturated carbocycles. The first-order valence-corrected chi connectivity index (χ1v) is 10.5. The number of carbonyl (C=O) groups excluding carboxylic acids is 1. The molecular weight excluding hydrogens is 370 g/mol. The molecule has 0 radical (unpaired) electrons. The van der Waals surface area contributed by atoms with Gasteiger partial charge in [-0.25, -0.2) is 8.42 Å². The van der Waals surface area contributed by atoms with E-state index in [9.17, 15) is 13.2 Å². The summed E-state index contributed by atoms with van der Waals surface area (Å²) >= 11 is 0. The van der Waals surface area contributed by atoms with Gasteiger partial charge >= 0.3 is 0 Å². The molecule has 8 nitrogen and oxygen atoms in total. The standard InChI is InChI=1S/C18H29N3O5S/c1-16-3-5-17(6-4-16)27(23,24)21-10-8-20(9-11-21)15-18(22)19-7-12-26-14-13-25-2/h3-6H,7-15H2,1-2H3,(H,19,22). The molecule has 1 aliphatic rings. The van der Waals surface area contributed by atoms with Crippen LogP contribution in [0.3, 0.4) is 0 Å². The second-order valence-corrected chi connectivity index (χ2v) is 8.39. The highest BCUT2D eigenvalue weighted by atomic mass is 32.2. The topological polar surface area (TPSA) is 88.2 Å². The molecule has 0 atom stereocenters. The fourth-order valence-electron chi connectivity index (χ4n) is 2.75. The fourth-order valence-corrected chi connectivity index (χ4v) is 4.18. The third kappa shape index (κ3) is 6.86. The lowest BCUT2D eigenvalue weighted by Gasteiger charge is -2.33. The number of hydrogen-bond donors (Lipinski definition) is 1. The number of benzene rings is 1. The summed E-state index contributed by atoms with van der Waals surface area (Å²) in [6.45, 7) is 5.93. The zero-order chi connectivity index (χ0) is 19.7. The first-order valence-electron chi connectivity index (χ1n) is 9.06. The quantitative estimate of drug-likeness (QED) is 0.561. The van der Waals surface area contributed by atoms with E-state index >= 15 is 0 Å². The minimum Gasteiger partial charge on any atom is -0.382 e. The summed E-state index contributed by atoms with van der Waals surface area (Å²) in [5.74, 6) is -0.0832. The Balaban J connectivity index is 1.71. The fraction of sp³-hybridized carbons (Fsp3) is 0.611. The van der Waals surface area contributed by atoms with E-state index in [1.54, 1.807) is 31.4 Å². The Hall–Kier alpha value is -1.52. The lowest BCUT2D eigenvalue weighted by atomic mass is 10.2. The molecule has 1 amide bonds. The largest absolute Gasteiger partial charge is 0.382 e. The number of amides is 1. The SMILES string of the molecule is COCCOCCNC(=O)CN1CCN(S(=O)(=O)c2ccc(C)cc2)CC1. The molecule has 1 aliphatic heterocycles. The van der Waals surface area contributed by atoms with Gasteiger partial charge in [-0.3, -0.25) is 9.69 Å². The normalized spacial score (nSPS) is 16.4. The summed E-state index contributed by atoms with van der Waals surface area (Å²) in [7, 11) is -1.87. The minimum atomic E-state index is -3.48. The lowest BCUT2D eigenvalue weighted by molar-refractivity contribution is -0.122. The third-order valence-corrected chi connectivity index (χ3v) is 6.27. The Kier molecular flexibility index (Phi) is 8.65. The number of hydrogen-bond acceptors (Lipinski definition) is 6. The summed E-state index contributed by atoms with van der Waals surface area (Å²) < 4.78 is 37.0. The van der Waals surface area contributed by atoms with Crippen molar-refractivity contribution in [3.05, 3.63) is 29.8 Å². The predicted molar refractivity (Wildman–Crippen MR) is 102 cm³/mol. The molecule has 152 valence electrons. The molecule has 0 unspecified atom stereocenters. The number of sulfonamides is 1. The van der Waals surface area contributed by atoms with Crippen molar-refractivity contribution in [1.82, 2.24) is 14.5 Å². The number of methoxy groups -OCH3 is 1. The van der Waals surface area contributed by atoms with Crippen molar-refractivity contribution in [2.24, 2.45) is 0 Å². The molecule has 1 heterocycles. The van der Waals surface area contributed by atoms with Crippen LogP contribution in [0, 0.1) is 6.92 Å². The first-order chi connectivity index (χ1) is 12.9. The molecule has 0 aromatic heterocycles. The monoisotopic (exact) mass is 399 g/mol. The molecule has 0 bridgehead atoms. The van der Waals surface area contributed by atoms with Gasteiger partial charge in [0.2, 0.25) is 15.9 Å². The molecule has 1 fully saturated rings. The molecule has 1 aromatic carbocycles.